The number of nitrogens with one attached hydrogen (secondary N) is 1. The van der Waals surface area contributed by atoms with E-state index in [0.717, 1.165) is 17.2 Å². The van der Waals surface area contributed by atoms with Crippen LogP contribution in [0.2, 0.25) is 5.28 Å². The van der Waals surface area contributed by atoms with Gasteiger partial charge in [0.25, 0.3) is 0 Å². The maximum Gasteiger partial charge on any atom is 0.224 e. The van der Waals surface area contributed by atoms with E-state index < -0.39 is 0 Å². The molecule has 1 aromatic heterocycles. The van der Waals surface area contributed by atoms with Crippen molar-refractivity contribution in [1.29, 1.82) is 0 Å². The second-order valence-electron chi connectivity index (χ2n) is 4.63. The summed E-state index contributed by atoms with van der Waals surface area (Å²) in [4.78, 5) is 8.21. The zero-order valence-electron chi connectivity index (χ0n) is 10.2. The van der Waals surface area contributed by atoms with Crippen LogP contribution in [0.1, 0.15) is 23.2 Å². The molecule has 0 unspecified atom stereocenters. The van der Waals surface area contributed by atoms with Crippen LogP contribution in [0.3, 0.4) is 0 Å². The molecule has 0 atom stereocenters. The highest BCUT2D eigenvalue weighted by Crippen LogP contribution is 2.26. The van der Waals surface area contributed by atoms with Gasteiger partial charge in [0.05, 0.1) is 0 Å². The third-order valence-corrected chi connectivity index (χ3v) is 3.37. The molecule has 4 heteroatoms. The van der Waals surface area contributed by atoms with Crippen molar-refractivity contribution in [2.75, 3.05) is 5.32 Å². The van der Waals surface area contributed by atoms with E-state index in [0.29, 0.717) is 0 Å². The summed E-state index contributed by atoms with van der Waals surface area (Å²) in [5, 5.41) is 3.56. The molecule has 0 saturated heterocycles. The van der Waals surface area contributed by atoms with Crippen molar-refractivity contribution in [3.8, 4) is 0 Å². The lowest BCUT2D eigenvalue weighted by Gasteiger charge is -2.08. The van der Waals surface area contributed by atoms with Crippen molar-refractivity contribution < 1.29 is 0 Å². The highest BCUT2D eigenvalue weighted by Gasteiger charge is 2.11. The number of fused-ring (bicyclic) bond motifs is 1. The molecule has 18 heavy (non-hydrogen) atoms. The van der Waals surface area contributed by atoms with E-state index in [1.807, 2.05) is 13.0 Å². The molecule has 0 fully saturated rings. The molecular weight excluding hydrogens is 246 g/mol. The molecule has 0 amide bonds. The number of benzene rings is 1. The molecule has 92 valence electrons. The number of rotatable bonds is 2. The van der Waals surface area contributed by atoms with Gasteiger partial charge in [-0.1, -0.05) is 6.07 Å². The summed E-state index contributed by atoms with van der Waals surface area (Å²) in [6, 6.07) is 8.38. The predicted octanol–water partition coefficient (Wildman–Crippen LogP) is 3.67. The molecule has 3 rings (SSSR count). The Kier molecular flexibility index (Phi) is 2.92. The third kappa shape index (κ3) is 2.31. The maximum absolute atomic E-state index is 5.85. The molecule has 0 aliphatic heterocycles. The minimum Gasteiger partial charge on any atom is -0.340 e. The zero-order valence-corrected chi connectivity index (χ0v) is 11.0. The van der Waals surface area contributed by atoms with Crippen LogP contribution in [-0.2, 0) is 12.8 Å². The normalized spacial score (nSPS) is 13.4. The van der Waals surface area contributed by atoms with Gasteiger partial charge in [-0.3, -0.25) is 0 Å². The second kappa shape index (κ2) is 4.58. The molecule has 0 bridgehead atoms. The van der Waals surface area contributed by atoms with Gasteiger partial charge in [0, 0.05) is 17.4 Å². The van der Waals surface area contributed by atoms with Crippen molar-refractivity contribution in [3.63, 3.8) is 0 Å². The SMILES string of the molecule is Cc1cc(Nc2ccc3c(c2)CCC3)nc(Cl)n1. The van der Waals surface area contributed by atoms with Crippen LogP contribution in [0, 0.1) is 6.92 Å². The molecule has 1 aliphatic rings. The summed E-state index contributed by atoms with van der Waals surface area (Å²) in [5.74, 6) is 0.741. The van der Waals surface area contributed by atoms with Crippen LogP contribution >= 0.6 is 11.6 Å². The minimum atomic E-state index is 0.277. The first-order valence-electron chi connectivity index (χ1n) is 6.11. The summed E-state index contributed by atoms with van der Waals surface area (Å²) in [7, 11) is 0. The van der Waals surface area contributed by atoms with E-state index in [-0.39, 0.29) is 5.28 Å². The zero-order chi connectivity index (χ0) is 12.5. The van der Waals surface area contributed by atoms with E-state index in [4.69, 9.17) is 11.6 Å². The fourth-order valence-electron chi connectivity index (χ4n) is 2.39. The number of aromatic nitrogens is 2. The molecule has 3 nitrogen and oxygen atoms in total. The summed E-state index contributed by atoms with van der Waals surface area (Å²) >= 11 is 5.85. The lowest BCUT2D eigenvalue weighted by atomic mass is 10.1. The quantitative estimate of drug-likeness (QED) is 0.837. The fraction of sp³-hybridized carbons (Fsp3) is 0.286. The van der Waals surface area contributed by atoms with E-state index in [9.17, 15) is 0 Å². The van der Waals surface area contributed by atoms with Gasteiger partial charge in [-0.05, 0) is 61.0 Å². The number of aryl methyl sites for hydroxylation is 3. The van der Waals surface area contributed by atoms with Gasteiger partial charge in [-0.15, -0.1) is 0 Å². The molecule has 1 aromatic carbocycles. The molecule has 0 saturated carbocycles. The van der Waals surface area contributed by atoms with Crippen molar-refractivity contribution >= 4 is 23.1 Å². The third-order valence-electron chi connectivity index (χ3n) is 3.20. The Morgan fingerprint density at radius 2 is 1.94 bits per heavy atom. The van der Waals surface area contributed by atoms with Gasteiger partial charge in [0.1, 0.15) is 5.82 Å². The first-order valence-corrected chi connectivity index (χ1v) is 6.48. The Balaban J connectivity index is 1.88. The molecule has 1 heterocycles. The standard InChI is InChI=1S/C14H14ClN3/c1-9-7-13(18-14(15)16-9)17-12-6-5-10-3-2-4-11(10)8-12/h5-8H,2-4H2,1H3,(H,16,17,18). The Labute approximate surface area is 111 Å². The van der Waals surface area contributed by atoms with Crippen molar-refractivity contribution in [1.82, 2.24) is 9.97 Å². The average Bonchev–Trinajstić information content (AvgIpc) is 2.74. The van der Waals surface area contributed by atoms with Crippen molar-refractivity contribution in [2.24, 2.45) is 0 Å². The van der Waals surface area contributed by atoms with Gasteiger partial charge in [-0.25, -0.2) is 9.97 Å². The molecular formula is C14H14ClN3. The Bertz CT molecular complexity index is 575. The van der Waals surface area contributed by atoms with E-state index in [2.05, 4.69) is 33.5 Å². The second-order valence-corrected chi connectivity index (χ2v) is 4.96. The van der Waals surface area contributed by atoms with Crippen LogP contribution in [0.15, 0.2) is 24.3 Å². The van der Waals surface area contributed by atoms with Gasteiger partial charge >= 0.3 is 0 Å². The first-order chi connectivity index (χ1) is 8.70. The van der Waals surface area contributed by atoms with E-state index in [1.165, 1.54) is 30.4 Å². The molecule has 1 N–H and O–H groups in total. The van der Waals surface area contributed by atoms with Gasteiger partial charge in [0.2, 0.25) is 5.28 Å². The number of anilines is 2. The fourth-order valence-corrected chi connectivity index (χ4v) is 2.62. The van der Waals surface area contributed by atoms with Gasteiger partial charge in [0.15, 0.2) is 0 Å². The predicted molar refractivity (Wildman–Crippen MR) is 73.5 cm³/mol. The summed E-state index contributed by atoms with van der Waals surface area (Å²) in [6.07, 6.45) is 3.64. The highest BCUT2D eigenvalue weighted by molar-refractivity contribution is 6.28. The van der Waals surface area contributed by atoms with Crippen LogP contribution in [0.25, 0.3) is 0 Å². The summed E-state index contributed by atoms with van der Waals surface area (Å²) < 4.78 is 0. The lowest BCUT2D eigenvalue weighted by molar-refractivity contribution is 0.912. The number of hydrogen-bond donors (Lipinski definition) is 1. The maximum atomic E-state index is 5.85. The minimum absolute atomic E-state index is 0.277. The Morgan fingerprint density at radius 1 is 1.11 bits per heavy atom. The summed E-state index contributed by atoms with van der Waals surface area (Å²) in [6.45, 7) is 1.90. The first kappa shape index (κ1) is 11.5. The van der Waals surface area contributed by atoms with E-state index in [1.54, 1.807) is 0 Å². The van der Waals surface area contributed by atoms with Crippen LogP contribution < -0.4 is 5.32 Å². The number of nitrogens with zero attached hydrogens (tertiary/aromatic N) is 2. The highest BCUT2D eigenvalue weighted by atomic mass is 35.5. The van der Waals surface area contributed by atoms with Crippen LogP contribution in [0.5, 0.6) is 0 Å². The molecule has 1 aliphatic carbocycles. The monoisotopic (exact) mass is 259 g/mol. The van der Waals surface area contributed by atoms with Gasteiger partial charge in [-0.2, -0.15) is 0 Å². The summed E-state index contributed by atoms with van der Waals surface area (Å²) in [5.41, 5.74) is 4.83. The molecule has 0 radical (unpaired) electrons. The van der Waals surface area contributed by atoms with Crippen LogP contribution in [0.4, 0.5) is 11.5 Å². The average molecular weight is 260 g/mol. The number of hydrogen-bond acceptors (Lipinski definition) is 3. The smallest absolute Gasteiger partial charge is 0.224 e. The molecule has 2 aromatic rings. The Morgan fingerprint density at radius 3 is 2.78 bits per heavy atom. The topological polar surface area (TPSA) is 37.8 Å². The molecule has 0 spiro atoms. The Hall–Kier alpha value is -1.61. The largest absolute Gasteiger partial charge is 0.340 e. The van der Waals surface area contributed by atoms with E-state index >= 15 is 0 Å². The number of halogens is 1. The van der Waals surface area contributed by atoms with Crippen molar-refractivity contribution in [3.05, 3.63) is 46.4 Å². The van der Waals surface area contributed by atoms with Crippen LogP contribution in [-0.4, -0.2) is 9.97 Å². The van der Waals surface area contributed by atoms with Crippen molar-refractivity contribution in [2.45, 2.75) is 26.2 Å². The lowest BCUT2D eigenvalue weighted by Crippen LogP contribution is -1.97. The van der Waals surface area contributed by atoms with Gasteiger partial charge < -0.3 is 5.32 Å².